The highest BCUT2D eigenvalue weighted by Gasteiger charge is 2.45. The van der Waals surface area contributed by atoms with Gasteiger partial charge < -0.3 is 5.32 Å². The first-order chi connectivity index (χ1) is 8.20. The first kappa shape index (κ1) is 13.1. The lowest BCUT2D eigenvalue weighted by atomic mass is 9.81. The van der Waals surface area contributed by atoms with Crippen LogP contribution < -0.4 is 5.32 Å². The van der Waals surface area contributed by atoms with Crippen molar-refractivity contribution in [3.05, 3.63) is 12.2 Å². The van der Waals surface area contributed by atoms with E-state index in [4.69, 9.17) is 0 Å². The van der Waals surface area contributed by atoms with Gasteiger partial charge in [0.2, 0.25) is 0 Å². The number of likely N-dealkylation sites (tertiary alicyclic amines) is 1. The number of likely N-dealkylation sites (N-methyl/N-ethyl adjacent to an activating group) is 1. The third-order valence-corrected chi connectivity index (χ3v) is 4.77. The highest BCUT2D eigenvalue weighted by molar-refractivity contribution is 5.16. The van der Waals surface area contributed by atoms with Crippen LogP contribution in [0.2, 0.25) is 0 Å². The van der Waals surface area contributed by atoms with E-state index in [1.54, 1.807) is 0 Å². The molecule has 0 aromatic heterocycles. The maximum absolute atomic E-state index is 4.22. The average Bonchev–Trinajstić information content (AvgIpc) is 2.81. The number of nitrogens with zero attached hydrogens (tertiary/aromatic N) is 1. The Balaban J connectivity index is 2.20. The Morgan fingerprint density at radius 2 is 1.71 bits per heavy atom. The van der Waals surface area contributed by atoms with E-state index in [0.29, 0.717) is 11.6 Å². The number of hydrogen-bond donors (Lipinski definition) is 1. The first-order valence-electron chi connectivity index (χ1n) is 7.28. The van der Waals surface area contributed by atoms with E-state index in [0.717, 1.165) is 0 Å². The molecule has 1 saturated heterocycles. The van der Waals surface area contributed by atoms with Crippen molar-refractivity contribution in [1.29, 1.82) is 0 Å². The molecule has 2 nitrogen and oxygen atoms in total. The van der Waals surface area contributed by atoms with Gasteiger partial charge in [-0.25, -0.2) is 0 Å². The van der Waals surface area contributed by atoms with Crippen molar-refractivity contribution in [2.75, 3.05) is 20.1 Å². The van der Waals surface area contributed by atoms with Gasteiger partial charge in [-0.1, -0.05) is 31.4 Å². The third-order valence-electron chi connectivity index (χ3n) is 4.77. The zero-order valence-corrected chi connectivity index (χ0v) is 11.6. The Labute approximate surface area is 106 Å². The molecule has 1 heterocycles. The molecule has 2 rings (SSSR count). The third kappa shape index (κ3) is 2.43. The van der Waals surface area contributed by atoms with E-state index in [-0.39, 0.29) is 0 Å². The smallest absolute Gasteiger partial charge is 0.0458 e. The van der Waals surface area contributed by atoms with Crippen LogP contribution in [0.4, 0.5) is 0 Å². The van der Waals surface area contributed by atoms with Gasteiger partial charge in [-0.3, -0.25) is 4.90 Å². The molecular formula is C15H28N2. The van der Waals surface area contributed by atoms with E-state index < -0.39 is 0 Å². The highest BCUT2D eigenvalue weighted by atomic mass is 15.2. The van der Waals surface area contributed by atoms with Crippen molar-refractivity contribution in [3.63, 3.8) is 0 Å². The van der Waals surface area contributed by atoms with E-state index in [9.17, 15) is 0 Å². The summed E-state index contributed by atoms with van der Waals surface area (Å²) in [5.41, 5.74) is 1.68. The Morgan fingerprint density at radius 1 is 1.12 bits per heavy atom. The summed E-state index contributed by atoms with van der Waals surface area (Å²) in [4.78, 5) is 2.78. The summed E-state index contributed by atoms with van der Waals surface area (Å²) in [6, 6.07) is 0.475. The monoisotopic (exact) mass is 236 g/mol. The Morgan fingerprint density at radius 3 is 2.18 bits per heavy atom. The standard InChI is InChI=1S/C15H28N2/c1-13(2)14(16-3)15(9-5-6-10-15)17-11-7-4-8-12-17/h14,16H,1,4-12H2,2-3H3. The molecule has 1 N–H and O–H groups in total. The minimum atomic E-state index is 0.376. The van der Waals surface area contributed by atoms with Crippen LogP contribution in [-0.4, -0.2) is 36.6 Å². The molecule has 1 aliphatic carbocycles. The molecular weight excluding hydrogens is 208 g/mol. The fourth-order valence-electron chi connectivity index (χ4n) is 4.09. The molecule has 17 heavy (non-hydrogen) atoms. The van der Waals surface area contributed by atoms with Gasteiger partial charge in [0.1, 0.15) is 0 Å². The second-order valence-electron chi connectivity index (χ2n) is 5.93. The molecule has 0 amide bonds. The highest BCUT2D eigenvalue weighted by Crippen LogP contribution is 2.41. The molecule has 98 valence electrons. The van der Waals surface area contributed by atoms with Gasteiger partial charge in [0, 0.05) is 11.6 Å². The van der Waals surface area contributed by atoms with Crippen LogP contribution in [0.5, 0.6) is 0 Å². The lowest BCUT2D eigenvalue weighted by Gasteiger charge is -2.48. The Hall–Kier alpha value is -0.340. The zero-order valence-electron chi connectivity index (χ0n) is 11.6. The van der Waals surface area contributed by atoms with E-state index in [1.807, 2.05) is 0 Å². The van der Waals surface area contributed by atoms with Crippen LogP contribution in [-0.2, 0) is 0 Å². The summed E-state index contributed by atoms with van der Waals surface area (Å²) >= 11 is 0. The molecule has 2 heteroatoms. The molecule has 0 spiro atoms. The molecule has 0 radical (unpaired) electrons. The van der Waals surface area contributed by atoms with Crippen LogP contribution in [0.1, 0.15) is 51.9 Å². The summed E-state index contributed by atoms with van der Waals surface area (Å²) in [6.07, 6.45) is 9.67. The second-order valence-corrected chi connectivity index (χ2v) is 5.93. The lowest BCUT2D eigenvalue weighted by Crippen LogP contribution is -2.60. The van der Waals surface area contributed by atoms with Crippen LogP contribution >= 0.6 is 0 Å². The van der Waals surface area contributed by atoms with Gasteiger partial charge in [-0.05, 0) is 52.7 Å². The van der Waals surface area contributed by atoms with Gasteiger partial charge in [0.15, 0.2) is 0 Å². The maximum atomic E-state index is 4.22. The number of hydrogen-bond acceptors (Lipinski definition) is 2. The van der Waals surface area contributed by atoms with E-state index >= 15 is 0 Å². The minimum Gasteiger partial charge on any atom is -0.312 e. The number of rotatable bonds is 4. The zero-order chi connectivity index (χ0) is 12.3. The van der Waals surface area contributed by atoms with Crippen molar-refractivity contribution in [1.82, 2.24) is 10.2 Å². The van der Waals surface area contributed by atoms with Crippen LogP contribution in [0.25, 0.3) is 0 Å². The van der Waals surface area contributed by atoms with Gasteiger partial charge >= 0.3 is 0 Å². The SMILES string of the molecule is C=C(C)C(NC)C1(N2CCCCC2)CCCC1. The Bertz CT molecular complexity index is 260. The number of nitrogens with one attached hydrogen (secondary N) is 1. The quantitative estimate of drug-likeness (QED) is 0.755. The van der Waals surface area contributed by atoms with Crippen molar-refractivity contribution in [3.8, 4) is 0 Å². The van der Waals surface area contributed by atoms with Gasteiger partial charge in [0.25, 0.3) is 0 Å². The molecule has 2 aliphatic rings. The average molecular weight is 236 g/mol. The minimum absolute atomic E-state index is 0.376. The molecule has 1 atom stereocenters. The van der Waals surface area contributed by atoms with Crippen LogP contribution in [0.3, 0.4) is 0 Å². The van der Waals surface area contributed by atoms with Crippen LogP contribution in [0, 0.1) is 0 Å². The first-order valence-corrected chi connectivity index (χ1v) is 7.28. The summed E-state index contributed by atoms with van der Waals surface area (Å²) < 4.78 is 0. The molecule has 1 unspecified atom stereocenters. The summed E-state index contributed by atoms with van der Waals surface area (Å²) in [5, 5.41) is 3.54. The molecule has 1 aliphatic heterocycles. The van der Waals surface area contributed by atoms with Gasteiger partial charge in [0.05, 0.1) is 0 Å². The van der Waals surface area contributed by atoms with Crippen molar-refractivity contribution in [2.45, 2.75) is 63.5 Å². The lowest BCUT2D eigenvalue weighted by molar-refractivity contribution is 0.0492. The molecule has 0 aromatic rings. The fourth-order valence-corrected chi connectivity index (χ4v) is 4.09. The van der Waals surface area contributed by atoms with Crippen molar-refractivity contribution < 1.29 is 0 Å². The normalized spacial score (nSPS) is 26.9. The maximum Gasteiger partial charge on any atom is 0.0458 e. The predicted molar refractivity (Wildman–Crippen MR) is 74.3 cm³/mol. The second kappa shape index (κ2) is 5.53. The fraction of sp³-hybridized carbons (Fsp3) is 0.867. The molecule has 0 aromatic carbocycles. The van der Waals surface area contributed by atoms with Crippen molar-refractivity contribution >= 4 is 0 Å². The summed E-state index contributed by atoms with van der Waals surface area (Å²) in [7, 11) is 2.10. The van der Waals surface area contributed by atoms with Gasteiger partial charge in [-0.2, -0.15) is 0 Å². The summed E-state index contributed by atoms with van der Waals surface area (Å²) in [6.45, 7) is 9.00. The Kier molecular flexibility index (Phi) is 4.26. The summed E-state index contributed by atoms with van der Waals surface area (Å²) in [5.74, 6) is 0. The molecule has 1 saturated carbocycles. The molecule has 0 bridgehead atoms. The largest absolute Gasteiger partial charge is 0.312 e. The predicted octanol–water partition coefficient (Wildman–Crippen LogP) is 2.95. The van der Waals surface area contributed by atoms with E-state index in [1.165, 1.54) is 63.6 Å². The number of piperidine rings is 1. The van der Waals surface area contributed by atoms with Gasteiger partial charge in [-0.15, -0.1) is 0 Å². The van der Waals surface area contributed by atoms with Crippen LogP contribution in [0.15, 0.2) is 12.2 Å². The van der Waals surface area contributed by atoms with Crippen molar-refractivity contribution in [2.24, 2.45) is 0 Å². The topological polar surface area (TPSA) is 15.3 Å². The van der Waals surface area contributed by atoms with E-state index in [2.05, 4.69) is 30.8 Å². The molecule has 2 fully saturated rings.